The van der Waals surface area contributed by atoms with Crippen molar-refractivity contribution < 1.29 is 29.0 Å². The molecule has 1 aromatic carbocycles. The highest BCUT2D eigenvalue weighted by atomic mass is 32.2. The van der Waals surface area contributed by atoms with Crippen LogP contribution in [-0.2, 0) is 4.79 Å². The Morgan fingerprint density at radius 3 is 2.65 bits per heavy atom. The highest BCUT2D eigenvalue weighted by molar-refractivity contribution is 8.18. The van der Waals surface area contributed by atoms with Gasteiger partial charge < -0.3 is 19.5 Å². The number of nitrogens with zero attached hydrogens (tertiary/aromatic N) is 3. The number of likely N-dealkylation sites (tertiary alicyclic amines) is 1. The van der Waals surface area contributed by atoms with Crippen molar-refractivity contribution >= 4 is 35.1 Å². The zero-order valence-corrected chi connectivity index (χ0v) is 19.5. The molecule has 0 bridgehead atoms. The van der Waals surface area contributed by atoms with Crippen LogP contribution in [0.3, 0.4) is 0 Å². The number of hydrogen-bond acceptors (Lipinski definition) is 8. The molecule has 0 radical (unpaired) electrons. The van der Waals surface area contributed by atoms with Crippen LogP contribution in [-0.4, -0.2) is 55.9 Å². The van der Waals surface area contributed by atoms with E-state index < -0.39 is 12.0 Å². The Kier molecular flexibility index (Phi) is 7.01. The molecule has 34 heavy (non-hydrogen) atoms. The van der Waals surface area contributed by atoms with Crippen molar-refractivity contribution in [3.05, 3.63) is 46.6 Å². The minimum absolute atomic E-state index is 0.0885. The van der Waals surface area contributed by atoms with Gasteiger partial charge in [0.25, 0.3) is 11.1 Å². The maximum absolute atomic E-state index is 11.7. The van der Waals surface area contributed by atoms with Crippen molar-refractivity contribution in [2.75, 3.05) is 6.54 Å². The Hall–Kier alpha value is -3.60. The van der Waals surface area contributed by atoms with Crippen LogP contribution in [0, 0.1) is 6.92 Å². The highest BCUT2D eigenvalue weighted by Crippen LogP contribution is 2.31. The summed E-state index contributed by atoms with van der Waals surface area (Å²) in [6, 6.07) is 6.93. The molecule has 2 aromatic rings. The van der Waals surface area contributed by atoms with Gasteiger partial charge in [0.15, 0.2) is 0 Å². The number of piperidine rings is 1. The fourth-order valence-corrected chi connectivity index (χ4v) is 4.56. The second kappa shape index (κ2) is 10.1. The molecule has 2 unspecified atom stereocenters. The van der Waals surface area contributed by atoms with E-state index >= 15 is 0 Å². The van der Waals surface area contributed by atoms with E-state index in [9.17, 15) is 19.5 Å². The van der Waals surface area contributed by atoms with Gasteiger partial charge in [-0.15, -0.1) is 0 Å². The summed E-state index contributed by atoms with van der Waals surface area (Å²) in [6.07, 6.45) is 3.85. The second-order valence-electron chi connectivity index (χ2n) is 7.93. The number of amides is 3. The number of carbonyl (C=O) groups is 3. The van der Waals surface area contributed by atoms with Crippen LogP contribution in [0.2, 0.25) is 0 Å². The van der Waals surface area contributed by atoms with Gasteiger partial charge >= 0.3 is 6.09 Å². The Balaban J connectivity index is 1.42. The summed E-state index contributed by atoms with van der Waals surface area (Å²) in [6.45, 7) is 4.19. The minimum Gasteiger partial charge on any atom is -0.474 e. The van der Waals surface area contributed by atoms with Crippen molar-refractivity contribution in [1.29, 1.82) is 0 Å². The fourth-order valence-electron chi connectivity index (χ4n) is 3.87. The molecule has 0 spiro atoms. The van der Waals surface area contributed by atoms with E-state index in [2.05, 4.69) is 15.3 Å². The van der Waals surface area contributed by atoms with E-state index in [1.54, 1.807) is 37.3 Å². The number of ether oxygens (including phenoxy) is 2. The monoisotopic (exact) mass is 484 g/mol. The summed E-state index contributed by atoms with van der Waals surface area (Å²) < 4.78 is 12.0. The van der Waals surface area contributed by atoms with Crippen LogP contribution in [0.5, 0.6) is 17.5 Å². The van der Waals surface area contributed by atoms with Gasteiger partial charge in [-0.2, -0.15) is 0 Å². The molecule has 2 aliphatic rings. The molecule has 2 aliphatic heterocycles. The van der Waals surface area contributed by atoms with Gasteiger partial charge in [0, 0.05) is 25.4 Å². The SMILES string of the molecule is CCC1CC(Oc2ncnc(Oc3ccc(C=C4SC(=O)NC4=O)cc3)c2C)CCN1C(=O)O. The van der Waals surface area contributed by atoms with Crippen LogP contribution in [0.4, 0.5) is 9.59 Å². The molecule has 2 saturated heterocycles. The van der Waals surface area contributed by atoms with Crippen molar-refractivity contribution in [1.82, 2.24) is 20.2 Å². The van der Waals surface area contributed by atoms with Crippen LogP contribution >= 0.6 is 11.8 Å². The molecule has 2 fully saturated rings. The summed E-state index contributed by atoms with van der Waals surface area (Å²) in [4.78, 5) is 44.7. The van der Waals surface area contributed by atoms with Crippen LogP contribution < -0.4 is 14.8 Å². The zero-order valence-electron chi connectivity index (χ0n) is 18.7. The third-order valence-electron chi connectivity index (χ3n) is 5.69. The summed E-state index contributed by atoms with van der Waals surface area (Å²) in [7, 11) is 0. The molecule has 3 amide bonds. The van der Waals surface area contributed by atoms with Gasteiger partial charge in [-0.05, 0) is 48.9 Å². The first-order valence-corrected chi connectivity index (χ1v) is 11.7. The maximum atomic E-state index is 11.7. The number of benzene rings is 1. The van der Waals surface area contributed by atoms with Gasteiger partial charge in [0.1, 0.15) is 18.2 Å². The maximum Gasteiger partial charge on any atom is 0.407 e. The fraction of sp³-hybridized carbons (Fsp3) is 0.348. The van der Waals surface area contributed by atoms with Crippen molar-refractivity contribution in [3.8, 4) is 17.5 Å². The number of carboxylic acid groups (broad SMARTS) is 1. The zero-order chi connectivity index (χ0) is 24.2. The Bertz CT molecular complexity index is 1140. The molecule has 0 aliphatic carbocycles. The smallest absolute Gasteiger partial charge is 0.407 e. The van der Waals surface area contributed by atoms with Crippen LogP contribution in [0.15, 0.2) is 35.5 Å². The van der Waals surface area contributed by atoms with E-state index in [4.69, 9.17) is 9.47 Å². The van der Waals surface area contributed by atoms with E-state index in [1.807, 2.05) is 6.92 Å². The van der Waals surface area contributed by atoms with E-state index in [0.717, 1.165) is 23.7 Å². The van der Waals surface area contributed by atoms with Gasteiger partial charge in [-0.1, -0.05) is 19.1 Å². The van der Waals surface area contributed by atoms with Crippen molar-refractivity contribution in [2.24, 2.45) is 0 Å². The lowest BCUT2D eigenvalue weighted by molar-refractivity contribution is -0.115. The van der Waals surface area contributed by atoms with Crippen molar-refractivity contribution in [2.45, 2.75) is 45.3 Å². The lowest BCUT2D eigenvalue weighted by Gasteiger charge is -2.37. The summed E-state index contributed by atoms with van der Waals surface area (Å²) >= 11 is 0.864. The number of imide groups is 1. The largest absolute Gasteiger partial charge is 0.474 e. The molecular formula is C23H24N4O6S. The average Bonchev–Trinajstić information content (AvgIpc) is 3.13. The number of hydrogen-bond donors (Lipinski definition) is 2. The summed E-state index contributed by atoms with van der Waals surface area (Å²) in [5.74, 6) is 0.889. The molecule has 2 atom stereocenters. The Morgan fingerprint density at radius 1 is 1.26 bits per heavy atom. The van der Waals surface area contributed by atoms with Gasteiger partial charge in [0.2, 0.25) is 11.8 Å². The first kappa shape index (κ1) is 23.6. The first-order valence-electron chi connectivity index (χ1n) is 10.8. The third kappa shape index (κ3) is 5.30. The molecule has 10 nitrogen and oxygen atoms in total. The van der Waals surface area contributed by atoms with Gasteiger partial charge in [0.05, 0.1) is 10.5 Å². The number of aromatic nitrogens is 2. The topological polar surface area (TPSA) is 131 Å². The molecular weight excluding hydrogens is 460 g/mol. The Morgan fingerprint density at radius 2 is 2.00 bits per heavy atom. The van der Waals surface area contributed by atoms with Gasteiger partial charge in [-0.25, -0.2) is 14.8 Å². The minimum atomic E-state index is -0.903. The van der Waals surface area contributed by atoms with E-state index in [1.165, 1.54) is 11.2 Å². The number of thioether (sulfide) groups is 1. The molecule has 11 heteroatoms. The Labute approximate surface area is 200 Å². The van der Waals surface area contributed by atoms with Crippen molar-refractivity contribution in [3.63, 3.8) is 0 Å². The predicted octanol–water partition coefficient (Wildman–Crippen LogP) is 4.20. The van der Waals surface area contributed by atoms with Gasteiger partial charge in [-0.3, -0.25) is 14.9 Å². The highest BCUT2D eigenvalue weighted by Gasteiger charge is 2.32. The molecule has 178 valence electrons. The predicted molar refractivity (Wildman–Crippen MR) is 125 cm³/mol. The molecule has 1 aromatic heterocycles. The number of rotatable bonds is 6. The third-order valence-corrected chi connectivity index (χ3v) is 6.50. The second-order valence-corrected chi connectivity index (χ2v) is 8.95. The molecule has 0 saturated carbocycles. The lowest BCUT2D eigenvalue weighted by atomic mass is 9.98. The first-order chi connectivity index (χ1) is 16.3. The lowest BCUT2D eigenvalue weighted by Crippen LogP contribution is -2.48. The standard InChI is InChI=1S/C23H24N4O6S/c1-3-15-11-17(8-9-27(15)23(30)31)33-21-13(2)20(24-12-25-21)32-16-6-4-14(5-7-16)10-18-19(28)26-22(29)34-18/h4-7,10,12,15,17H,3,8-9,11H2,1-2H3,(H,30,31)(H,26,28,29). The summed E-state index contributed by atoms with van der Waals surface area (Å²) in [5.41, 5.74) is 1.39. The summed E-state index contributed by atoms with van der Waals surface area (Å²) in [5, 5.41) is 11.2. The molecule has 3 heterocycles. The normalized spacial score (nSPS) is 21.5. The van der Waals surface area contributed by atoms with E-state index in [-0.39, 0.29) is 17.4 Å². The number of nitrogens with one attached hydrogen (secondary N) is 1. The van der Waals surface area contributed by atoms with E-state index in [0.29, 0.717) is 47.4 Å². The molecule has 2 N–H and O–H groups in total. The van der Waals surface area contributed by atoms with Crippen LogP contribution in [0.1, 0.15) is 37.3 Å². The number of carbonyl (C=O) groups excluding carboxylic acids is 2. The molecule has 4 rings (SSSR count). The average molecular weight is 485 g/mol. The van der Waals surface area contributed by atoms with Crippen LogP contribution in [0.25, 0.3) is 6.08 Å². The quantitative estimate of drug-likeness (QED) is 0.579.